The first kappa shape index (κ1) is 16.1. The van der Waals surface area contributed by atoms with Crippen LogP contribution < -0.4 is 4.74 Å². The summed E-state index contributed by atoms with van der Waals surface area (Å²) in [6.07, 6.45) is 3.31. The quantitative estimate of drug-likeness (QED) is 0.595. The first-order chi connectivity index (χ1) is 11.1. The van der Waals surface area contributed by atoms with Crippen molar-refractivity contribution in [1.29, 1.82) is 0 Å². The molecule has 1 aliphatic heterocycles. The molecular weight excluding hydrogens is 354 g/mol. The number of carbonyl (C=O) groups is 1. The molecule has 0 spiro atoms. The first-order valence-electron chi connectivity index (χ1n) is 6.70. The number of benzene rings is 1. The van der Waals surface area contributed by atoms with Gasteiger partial charge in [0.25, 0.3) is 5.91 Å². The highest BCUT2D eigenvalue weighted by Gasteiger charge is 2.32. The summed E-state index contributed by atoms with van der Waals surface area (Å²) in [5.41, 5.74) is 0.735. The van der Waals surface area contributed by atoms with Gasteiger partial charge in [-0.25, -0.2) is 0 Å². The molecule has 0 atom stereocenters. The van der Waals surface area contributed by atoms with E-state index < -0.39 is 0 Å². The van der Waals surface area contributed by atoms with E-state index >= 15 is 0 Å². The molecule has 1 aromatic carbocycles. The van der Waals surface area contributed by atoms with Gasteiger partial charge < -0.3 is 9.15 Å². The van der Waals surface area contributed by atoms with E-state index in [1.54, 1.807) is 43.7 Å². The standard InChI is InChI=1S/C16H12ClNO3S2/c1-20-13-5-4-11(17)7-10(13)8-14-15(19)18(16(22)23-14)9-12-3-2-6-21-12/h2-8H,9H2,1H3/b14-8-. The lowest BCUT2D eigenvalue weighted by molar-refractivity contribution is -0.122. The van der Waals surface area contributed by atoms with Crippen LogP contribution in [0.2, 0.25) is 5.02 Å². The number of amides is 1. The smallest absolute Gasteiger partial charge is 0.266 e. The molecule has 2 heterocycles. The summed E-state index contributed by atoms with van der Waals surface area (Å²) in [6.45, 7) is 0.321. The Morgan fingerprint density at radius 3 is 2.96 bits per heavy atom. The van der Waals surface area contributed by atoms with Crippen LogP contribution in [-0.2, 0) is 11.3 Å². The van der Waals surface area contributed by atoms with Crippen LogP contribution in [-0.4, -0.2) is 22.2 Å². The SMILES string of the molecule is COc1ccc(Cl)cc1/C=C1\SC(=S)N(Cc2ccco2)C1=O. The Hall–Kier alpha value is -1.76. The van der Waals surface area contributed by atoms with E-state index in [2.05, 4.69) is 0 Å². The molecule has 1 fully saturated rings. The Labute approximate surface area is 148 Å². The monoisotopic (exact) mass is 365 g/mol. The third kappa shape index (κ3) is 3.44. The van der Waals surface area contributed by atoms with Gasteiger partial charge in [-0.15, -0.1) is 0 Å². The van der Waals surface area contributed by atoms with E-state index in [9.17, 15) is 4.79 Å². The minimum absolute atomic E-state index is 0.154. The van der Waals surface area contributed by atoms with Crippen LogP contribution in [0.4, 0.5) is 0 Å². The van der Waals surface area contributed by atoms with Gasteiger partial charge in [-0.3, -0.25) is 9.69 Å². The van der Waals surface area contributed by atoms with Gasteiger partial charge >= 0.3 is 0 Å². The van der Waals surface area contributed by atoms with Crippen molar-refractivity contribution >= 4 is 51.9 Å². The topological polar surface area (TPSA) is 42.7 Å². The summed E-state index contributed by atoms with van der Waals surface area (Å²) >= 11 is 12.6. The maximum Gasteiger partial charge on any atom is 0.266 e. The van der Waals surface area contributed by atoms with Crippen molar-refractivity contribution in [3.63, 3.8) is 0 Å². The van der Waals surface area contributed by atoms with E-state index in [0.717, 1.165) is 5.56 Å². The van der Waals surface area contributed by atoms with Crippen LogP contribution in [0.1, 0.15) is 11.3 Å². The van der Waals surface area contributed by atoms with E-state index in [0.29, 0.717) is 32.3 Å². The lowest BCUT2D eigenvalue weighted by Gasteiger charge is -2.12. The molecule has 0 bridgehead atoms. The summed E-state index contributed by atoms with van der Waals surface area (Å²) in [5.74, 6) is 1.17. The van der Waals surface area contributed by atoms with Crippen LogP contribution in [0.5, 0.6) is 5.75 Å². The van der Waals surface area contributed by atoms with Crippen LogP contribution >= 0.6 is 35.6 Å². The Morgan fingerprint density at radius 1 is 1.43 bits per heavy atom. The van der Waals surface area contributed by atoms with Crippen molar-refractivity contribution in [3.8, 4) is 5.75 Å². The molecule has 0 N–H and O–H groups in total. The molecule has 0 radical (unpaired) electrons. The fourth-order valence-corrected chi connectivity index (χ4v) is 3.58. The minimum Gasteiger partial charge on any atom is -0.496 e. The van der Waals surface area contributed by atoms with Crippen molar-refractivity contribution in [1.82, 2.24) is 4.90 Å². The number of furan rings is 1. The predicted molar refractivity (Wildman–Crippen MR) is 95.4 cm³/mol. The minimum atomic E-state index is -0.154. The van der Waals surface area contributed by atoms with Crippen molar-refractivity contribution in [3.05, 3.63) is 57.8 Å². The molecular formula is C16H12ClNO3S2. The van der Waals surface area contributed by atoms with E-state index in [1.165, 1.54) is 16.7 Å². The molecule has 7 heteroatoms. The summed E-state index contributed by atoms with van der Waals surface area (Å²) in [6, 6.07) is 8.83. The number of hydrogen-bond acceptors (Lipinski definition) is 5. The van der Waals surface area contributed by atoms with Crippen molar-refractivity contribution in [2.45, 2.75) is 6.54 Å². The molecule has 1 saturated heterocycles. The van der Waals surface area contributed by atoms with E-state index in [4.69, 9.17) is 33.0 Å². The third-order valence-electron chi connectivity index (χ3n) is 3.25. The maximum atomic E-state index is 12.6. The van der Waals surface area contributed by atoms with E-state index in [-0.39, 0.29) is 5.91 Å². The van der Waals surface area contributed by atoms with Gasteiger partial charge in [0.2, 0.25) is 0 Å². The van der Waals surface area contributed by atoms with Gasteiger partial charge in [-0.2, -0.15) is 0 Å². The summed E-state index contributed by atoms with van der Waals surface area (Å²) < 4.78 is 11.1. The van der Waals surface area contributed by atoms with Gasteiger partial charge in [-0.1, -0.05) is 35.6 Å². The predicted octanol–water partition coefficient (Wildman–Crippen LogP) is 4.34. The zero-order valence-corrected chi connectivity index (χ0v) is 14.5. The molecule has 4 nitrogen and oxygen atoms in total. The molecule has 0 aliphatic carbocycles. The number of thiocarbonyl (C=S) groups is 1. The fourth-order valence-electron chi connectivity index (χ4n) is 2.15. The number of rotatable bonds is 4. The van der Waals surface area contributed by atoms with Crippen LogP contribution in [0.3, 0.4) is 0 Å². The highest BCUT2D eigenvalue weighted by Crippen LogP contribution is 2.35. The number of hydrogen-bond donors (Lipinski definition) is 0. The van der Waals surface area contributed by atoms with Crippen molar-refractivity contribution in [2.24, 2.45) is 0 Å². The molecule has 1 aliphatic rings. The number of carbonyl (C=O) groups excluding carboxylic acids is 1. The number of nitrogens with zero attached hydrogens (tertiary/aromatic N) is 1. The highest BCUT2D eigenvalue weighted by molar-refractivity contribution is 8.26. The van der Waals surface area contributed by atoms with Gasteiger partial charge in [0.15, 0.2) is 0 Å². The van der Waals surface area contributed by atoms with Crippen molar-refractivity contribution < 1.29 is 13.9 Å². The molecule has 118 valence electrons. The number of ether oxygens (including phenoxy) is 1. The maximum absolute atomic E-state index is 12.6. The van der Waals surface area contributed by atoms with Crippen LogP contribution in [0.25, 0.3) is 6.08 Å². The summed E-state index contributed by atoms with van der Waals surface area (Å²) in [7, 11) is 1.57. The van der Waals surface area contributed by atoms with Crippen LogP contribution in [0.15, 0.2) is 45.9 Å². The second kappa shape index (κ2) is 6.78. The number of halogens is 1. The van der Waals surface area contributed by atoms with Crippen molar-refractivity contribution in [2.75, 3.05) is 7.11 Å². The van der Waals surface area contributed by atoms with E-state index in [1.807, 2.05) is 6.07 Å². The molecule has 0 saturated carbocycles. The second-order valence-corrected chi connectivity index (χ2v) is 6.85. The summed E-state index contributed by atoms with van der Waals surface area (Å²) in [4.78, 5) is 14.6. The molecule has 3 rings (SSSR count). The zero-order chi connectivity index (χ0) is 16.4. The average Bonchev–Trinajstić information content (AvgIpc) is 3.12. The Kier molecular flexibility index (Phi) is 4.75. The summed E-state index contributed by atoms with van der Waals surface area (Å²) in [5, 5.41) is 0.572. The molecule has 1 amide bonds. The molecule has 23 heavy (non-hydrogen) atoms. The normalized spacial score (nSPS) is 16.4. The number of methoxy groups -OCH3 is 1. The first-order valence-corrected chi connectivity index (χ1v) is 8.30. The Morgan fingerprint density at radius 2 is 2.26 bits per heavy atom. The molecule has 2 aromatic rings. The second-order valence-electron chi connectivity index (χ2n) is 4.73. The van der Waals surface area contributed by atoms with Crippen LogP contribution in [0, 0.1) is 0 Å². The molecule has 0 unspecified atom stereocenters. The fraction of sp³-hybridized carbons (Fsp3) is 0.125. The Bertz CT molecular complexity index is 787. The lowest BCUT2D eigenvalue weighted by atomic mass is 10.2. The lowest BCUT2D eigenvalue weighted by Crippen LogP contribution is -2.27. The zero-order valence-electron chi connectivity index (χ0n) is 12.1. The largest absolute Gasteiger partial charge is 0.496 e. The highest BCUT2D eigenvalue weighted by atomic mass is 35.5. The average molecular weight is 366 g/mol. The van der Waals surface area contributed by atoms with Gasteiger partial charge in [0, 0.05) is 10.6 Å². The van der Waals surface area contributed by atoms with Gasteiger partial charge in [0.05, 0.1) is 24.8 Å². The van der Waals surface area contributed by atoms with Gasteiger partial charge in [-0.05, 0) is 36.4 Å². The van der Waals surface area contributed by atoms with Gasteiger partial charge in [0.1, 0.15) is 15.8 Å². The Balaban J connectivity index is 1.88. The number of thioether (sulfide) groups is 1. The molecule has 1 aromatic heterocycles. The third-order valence-corrected chi connectivity index (χ3v) is 4.86.